The van der Waals surface area contributed by atoms with Crippen LogP contribution in [0.5, 0.6) is 0 Å². The van der Waals surface area contributed by atoms with Crippen LogP contribution in [0.4, 0.5) is 11.5 Å². The first-order valence-corrected chi connectivity index (χ1v) is 7.89. The van der Waals surface area contributed by atoms with Crippen molar-refractivity contribution >= 4 is 17.4 Å². The normalized spacial score (nSPS) is 10.7. The fourth-order valence-electron chi connectivity index (χ4n) is 2.27. The van der Waals surface area contributed by atoms with Crippen LogP contribution < -0.4 is 10.6 Å². The van der Waals surface area contributed by atoms with E-state index < -0.39 is 0 Å². The van der Waals surface area contributed by atoms with Gasteiger partial charge in [0, 0.05) is 12.2 Å². The maximum absolute atomic E-state index is 12.2. The fourth-order valence-corrected chi connectivity index (χ4v) is 2.27. The maximum atomic E-state index is 12.2. The SMILES string of the molecule is Cc1cc(C)cc(NC(=O)c2cnc(NCCC(C)C)cn2)c1. The molecule has 2 rings (SSSR count). The molecule has 1 aromatic heterocycles. The number of aryl methyl sites for hydroxylation is 2. The molecule has 122 valence electrons. The number of nitrogens with zero attached hydrogens (tertiary/aromatic N) is 2. The number of aromatic nitrogens is 2. The minimum absolute atomic E-state index is 0.253. The molecule has 0 unspecified atom stereocenters. The second-order valence-electron chi connectivity index (χ2n) is 6.23. The van der Waals surface area contributed by atoms with Crippen molar-refractivity contribution in [2.75, 3.05) is 17.2 Å². The van der Waals surface area contributed by atoms with Gasteiger partial charge in [0.1, 0.15) is 11.5 Å². The van der Waals surface area contributed by atoms with Gasteiger partial charge in [0.15, 0.2) is 0 Å². The molecular formula is C18H24N4O. The lowest BCUT2D eigenvalue weighted by molar-refractivity contribution is 0.102. The summed E-state index contributed by atoms with van der Waals surface area (Å²) in [5, 5.41) is 6.06. The highest BCUT2D eigenvalue weighted by Gasteiger charge is 2.09. The fraction of sp³-hybridized carbons (Fsp3) is 0.389. The summed E-state index contributed by atoms with van der Waals surface area (Å²) in [5.74, 6) is 1.07. The molecule has 23 heavy (non-hydrogen) atoms. The molecule has 0 aliphatic carbocycles. The number of anilines is 2. The van der Waals surface area contributed by atoms with Crippen LogP contribution in [0.2, 0.25) is 0 Å². The number of hydrogen-bond acceptors (Lipinski definition) is 4. The van der Waals surface area contributed by atoms with Crippen molar-refractivity contribution in [1.82, 2.24) is 9.97 Å². The molecular weight excluding hydrogens is 288 g/mol. The van der Waals surface area contributed by atoms with Gasteiger partial charge in [-0.1, -0.05) is 19.9 Å². The van der Waals surface area contributed by atoms with Crippen LogP contribution in [-0.2, 0) is 0 Å². The molecule has 2 N–H and O–H groups in total. The molecule has 0 radical (unpaired) electrons. The van der Waals surface area contributed by atoms with Gasteiger partial charge in [-0.15, -0.1) is 0 Å². The molecule has 1 amide bonds. The lowest BCUT2D eigenvalue weighted by Crippen LogP contribution is -2.15. The smallest absolute Gasteiger partial charge is 0.275 e. The minimum Gasteiger partial charge on any atom is -0.369 e. The van der Waals surface area contributed by atoms with E-state index in [-0.39, 0.29) is 5.91 Å². The van der Waals surface area contributed by atoms with Crippen molar-refractivity contribution in [2.24, 2.45) is 5.92 Å². The summed E-state index contributed by atoms with van der Waals surface area (Å²) in [7, 11) is 0. The molecule has 0 bridgehead atoms. The Bertz CT molecular complexity index is 645. The summed E-state index contributed by atoms with van der Waals surface area (Å²) in [6.07, 6.45) is 4.16. The van der Waals surface area contributed by atoms with Gasteiger partial charge in [-0.05, 0) is 49.4 Å². The van der Waals surface area contributed by atoms with Crippen LogP contribution >= 0.6 is 0 Å². The molecule has 1 heterocycles. The number of carbonyl (C=O) groups excluding carboxylic acids is 1. The molecule has 2 aromatic rings. The Morgan fingerprint density at radius 1 is 1.09 bits per heavy atom. The molecule has 5 heteroatoms. The Balaban J connectivity index is 1.97. The van der Waals surface area contributed by atoms with E-state index >= 15 is 0 Å². The zero-order chi connectivity index (χ0) is 16.8. The van der Waals surface area contributed by atoms with E-state index in [1.807, 2.05) is 26.0 Å². The number of benzene rings is 1. The quantitative estimate of drug-likeness (QED) is 0.851. The Hall–Kier alpha value is -2.43. The highest BCUT2D eigenvalue weighted by Crippen LogP contribution is 2.14. The summed E-state index contributed by atoms with van der Waals surface area (Å²) in [5.41, 5.74) is 3.29. The largest absolute Gasteiger partial charge is 0.369 e. The van der Waals surface area contributed by atoms with Gasteiger partial charge in [0.2, 0.25) is 0 Å². The third-order valence-electron chi connectivity index (χ3n) is 3.39. The third-order valence-corrected chi connectivity index (χ3v) is 3.39. The van der Waals surface area contributed by atoms with Crippen LogP contribution in [-0.4, -0.2) is 22.4 Å². The van der Waals surface area contributed by atoms with Crippen LogP contribution in [0.15, 0.2) is 30.6 Å². The molecule has 0 aliphatic heterocycles. The lowest BCUT2D eigenvalue weighted by atomic mass is 10.1. The van der Waals surface area contributed by atoms with Crippen LogP contribution in [0.1, 0.15) is 41.9 Å². The van der Waals surface area contributed by atoms with Crippen molar-refractivity contribution in [2.45, 2.75) is 34.1 Å². The summed E-state index contributed by atoms with van der Waals surface area (Å²) in [4.78, 5) is 20.6. The predicted octanol–water partition coefficient (Wildman–Crippen LogP) is 3.80. The monoisotopic (exact) mass is 312 g/mol. The Morgan fingerprint density at radius 3 is 2.35 bits per heavy atom. The van der Waals surface area contributed by atoms with Gasteiger partial charge in [-0.2, -0.15) is 0 Å². The average Bonchev–Trinajstić information content (AvgIpc) is 2.46. The van der Waals surface area contributed by atoms with Crippen LogP contribution in [0.25, 0.3) is 0 Å². The summed E-state index contributed by atoms with van der Waals surface area (Å²) in [6.45, 7) is 9.20. The molecule has 1 aromatic carbocycles. The summed E-state index contributed by atoms with van der Waals surface area (Å²) in [6, 6.07) is 5.92. The lowest BCUT2D eigenvalue weighted by Gasteiger charge is -2.09. The molecule has 5 nitrogen and oxygen atoms in total. The van der Waals surface area contributed by atoms with E-state index in [1.54, 1.807) is 6.20 Å². The Kier molecular flexibility index (Phi) is 5.68. The molecule has 0 fully saturated rings. The van der Waals surface area contributed by atoms with Gasteiger partial charge in [0.25, 0.3) is 5.91 Å². The first-order valence-electron chi connectivity index (χ1n) is 7.89. The Labute approximate surface area is 137 Å². The van der Waals surface area contributed by atoms with E-state index in [9.17, 15) is 4.79 Å². The zero-order valence-corrected chi connectivity index (χ0v) is 14.2. The van der Waals surface area contributed by atoms with E-state index in [4.69, 9.17) is 0 Å². The molecule has 0 saturated heterocycles. The van der Waals surface area contributed by atoms with E-state index in [0.29, 0.717) is 17.4 Å². The Morgan fingerprint density at radius 2 is 1.78 bits per heavy atom. The number of nitrogens with one attached hydrogen (secondary N) is 2. The standard InChI is InChI=1S/C18H24N4O/c1-12(2)5-6-19-17-11-20-16(10-21-17)18(23)22-15-8-13(3)7-14(4)9-15/h7-12H,5-6H2,1-4H3,(H,19,21)(H,22,23). The number of hydrogen-bond donors (Lipinski definition) is 2. The highest BCUT2D eigenvalue weighted by molar-refractivity contribution is 6.02. The second kappa shape index (κ2) is 7.72. The van der Waals surface area contributed by atoms with Crippen molar-refractivity contribution in [3.8, 4) is 0 Å². The topological polar surface area (TPSA) is 66.9 Å². The molecule has 0 atom stereocenters. The first kappa shape index (κ1) is 16.9. The third kappa shape index (κ3) is 5.36. The highest BCUT2D eigenvalue weighted by atomic mass is 16.1. The van der Waals surface area contributed by atoms with Crippen molar-refractivity contribution in [3.63, 3.8) is 0 Å². The summed E-state index contributed by atoms with van der Waals surface area (Å²) < 4.78 is 0. The second-order valence-corrected chi connectivity index (χ2v) is 6.23. The molecule has 0 aliphatic rings. The van der Waals surface area contributed by atoms with Gasteiger partial charge >= 0.3 is 0 Å². The van der Waals surface area contributed by atoms with E-state index in [1.165, 1.54) is 6.20 Å². The van der Waals surface area contributed by atoms with Crippen molar-refractivity contribution in [3.05, 3.63) is 47.4 Å². The first-order chi connectivity index (χ1) is 10.9. The van der Waals surface area contributed by atoms with Crippen molar-refractivity contribution < 1.29 is 4.79 Å². The molecule has 0 spiro atoms. The van der Waals surface area contributed by atoms with E-state index in [0.717, 1.165) is 29.8 Å². The number of amides is 1. The van der Waals surface area contributed by atoms with Gasteiger partial charge in [-0.3, -0.25) is 4.79 Å². The van der Waals surface area contributed by atoms with Gasteiger partial charge in [-0.25, -0.2) is 9.97 Å². The van der Waals surface area contributed by atoms with Gasteiger partial charge in [0.05, 0.1) is 12.4 Å². The average molecular weight is 312 g/mol. The molecule has 0 saturated carbocycles. The van der Waals surface area contributed by atoms with E-state index in [2.05, 4.69) is 40.5 Å². The zero-order valence-electron chi connectivity index (χ0n) is 14.2. The number of carbonyl (C=O) groups is 1. The van der Waals surface area contributed by atoms with Gasteiger partial charge < -0.3 is 10.6 Å². The number of rotatable bonds is 6. The summed E-state index contributed by atoms with van der Waals surface area (Å²) >= 11 is 0. The van der Waals surface area contributed by atoms with Crippen LogP contribution in [0.3, 0.4) is 0 Å². The maximum Gasteiger partial charge on any atom is 0.275 e. The predicted molar refractivity (Wildman–Crippen MR) is 93.8 cm³/mol. The van der Waals surface area contributed by atoms with Crippen molar-refractivity contribution in [1.29, 1.82) is 0 Å². The van der Waals surface area contributed by atoms with Crippen LogP contribution in [0, 0.1) is 19.8 Å². The minimum atomic E-state index is -0.253.